The van der Waals surface area contributed by atoms with Gasteiger partial charge in [-0.3, -0.25) is 0 Å². The van der Waals surface area contributed by atoms with Crippen molar-refractivity contribution in [3.8, 4) is 39.1 Å². The van der Waals surface area contributed by atoms with E-state index < -0.39 is 0 Å². The number of benzene rings is 11. The molecule has 2 nitrogen and oxygen atoms in total. The van der Waals surface area contributed by atoms with Crippen molar-refractivity contribution in [1.82, 2.24) is 4.57 Å². The van der Waals surface area contributed by atoms with Crippen LogP contribution in [0.5, 0.6) is 0 Å². The monoisotopic (exact) mass is 788 g/mol. The summed E-state index contributed by atoms with van der Waals surface area (Å²) in [4.78, 5) is 2.40. The lowest BCUT2D eigenvalue weighted by atomic mass is 9.93. The van der Waals surface area contributed by atoms with Crippen LogP contribution in [-0.4, -0.2) is 4.57 Å². The van der Waals surface area contributed by atoms with Crippen LogP contribution >= 0.6 is 0 Å². The maximum Gasteiger partial charge on any atom is 0.0619 e. The second-order valence-electron chi connectivity index (χ2n) is 16.1. The zero-order chi connectivity index (χ0) is 41.0. The van der Waals surface area contributed by atoms with Gasteiger partial charge >= 0.3 is 0 Å². The summed E-state index contributed by atoms with van der Waals surface area (Å²) in [6, 6.07) is 88.4. The van der Waals surface area contributed by atoms with Gasteiger partial charge in [0.25, 0.3) is 0 Å². The molecule has 0 spiro atoms. The predicted octanol–water partition coefficient (Wildman–Crippen LogP) is 16.7. The Balaban J connectivity index is 0.988. The van der Waals surface area contributed by atoms with Gasteiger partial charge in [0, 0.05) is 38.8 Å². The van der Waals surface area contributed by atoms with Crippen LogP contribution in [0.3, 0.4) is 0 Å². The number of rotatable bonds is 7. The Hall–Kier alpha value is -8.20. The molecule has 0 amide bonds. The molecule has 0 saturated carbocycles. The van der Waals surface area contributed by atoms with Gasteiger partial charge in [-0.05, 0) is 109 Å². The highest BCUT2D eigenvalue weighted by Crippen LogP contribution is 2.44. The van der Waals surface area contributed by atoms with Crippen LogP contribution < -0.4 is 4.90 Å². The molecule has 0 aliphatic rings. The lowest BCUT2D eigenvalue weighted by Crippen LogP contribution is -2.11. The molecule has 0 aliphatic heterocycles. The molecule has 12 aromatic rings. The van der Waals surface area contributed by atoms with Crippen molar-refractivity contribution in [2.45, 2.75) is 0 Å². The first-order valence-corrected chi connectivity index (χ1v) is 21.3. The first kappa shape index (κ1) is 35.7. The first-order valence-electron chi connectivity index (χ1n) is 21.3. The molecule has 0 aliphatic carbocycles. The number of anilines is 3. The summed E-state index contributed by atoms with van der Waals surface area (Å²) in [7, 11) is 0. The van der Waals surface area contributed by atoms with E-state index in [0.717, 1.165) is 22.7 Å². The molecular formula is C60H40N2. The molecule has 12 rings (SSSR count). The summed E-state index contributed by atoms with van der Waals surface area (Å²) in [5.74, 6) is 0. The van der Waals surface area contributed by atoms with Crippen LogP contribution in [0, 0.1) is 0 Å². The Kier molecular flexibility index (Phi) is 8.53. The third-order valence-corrected chi connectivity index (χ3v) is 12.6. The fraction of sp³-hybridized carbons (Fsp3) is 0. The van der Waals surface area contributed by atoms with Gasteiger partial charge in [-0.25, -0.2) is 0 Å². The molecule has 0 radical (unpaired) electrons. The summed E-state index contributed by atoms with van der Waals surface area (Å²) < 4.78 is 2.44. The fourth-order valence-corrected chi connectivity index (χ4v) is 9.65. The highest BCUT2D eigenvalue weighted by molar-refractivity contribution is 6.19. The Morgan fingerprint density at radius 2 is 0.839 bits per heavy atom. The van der Waals surface area contributed by atoms with Crippen molar-refractivity contribution in [2.75, 3.05) is 4.90 Å². The fourth-order valence-electron chi connectivity index (χ4n) is 9.65. The molecule has 11 aromatic carbocycles. The Labute approximate surface area is 360 Å². The van der Waals surface area contributed by atoms with Crippen LogP contribution in [0.15, 0.2) is 243 Å². The van der Waals surface area contributed by atoms with E-state index in [4.69, 9.17) is 0 Å². The number of nitrogens with zero attached hydrogens (tertiary/aromatic N) is 2. The van der Waals surface area contributed by atoms with Crippen molar-refractivity contribution in [3.05, 3.63) is 243 Å². The maximum absolute atomic E-state index is 2.44. The second kappa shape index (κ2) is 14.8. The lowest BCUT2D eigenvalue weighted by molar-refractivity contribution is 1.19. The zero-order valence-corrected chi connectivity index (χ0v) is 34.0. The van der Waals surface area contributed by atoms with E-state index in [2.05, 4.69) is 252 Å². The van der Waals surface area contributed by atoms with Gasteiger partial charge in [0.05, 0.1) is 16.7 Å². The number of hydrogen-bond acceptors (Lipinski definition) is 1. The van der Waals surface area contributed by atoms with E-state index in [9.17, 15) is 0 Å². The van der Waals surface area contributed by atoms with Gasteiger partial charge in [0.1, 0.15) is 0 Å². The Morgan fingerprint density at radius 1 is 0.290 bits per heavy atom. The van der Waals surface area contributed by atoms with Crippen LogP contribution in [0.1, 0.15) is 0 Å². The molecule has 2 heteroatoms. The zero-order valence-electron chi connectivity index (χ0n) is 34.0. The number of fused-ring (bicyclic) bond motifs is 8. The molecule has 0 unspecified atom stereocenters. The summed E-state index contributed by atoms with van der Waals surface area (Å²) in [6.45, 7) is 0. The van der Waals surface area contributed by atoms with Gasteiger partial charge in [-0.1, -0.05) is 188 Å². The van der Waals surface area contributed by atoms with Crippen molar-refractivity contribution >= 4 is 71.2 Å². The van der Waals surface area contributed by atoms with Crippen molar-refractivity contribution in [1.29, 1.82) is 0 Å². The predicted molar refractivity (Wildman–Crippen MR) is 264 cm³/mol. The number of hydrogen-bond donors (Lipinski definition) is 0. The number of aromatic nitrogens is 1. The Morgan fingerprint density at radius 3 is 1.60 bits per heavy atom. The normalized spacial score (nSPS) is 11.5. The smallest absolute Gasteiger partial charge is 0.0619 e. The van der Waals surface area contributed by atoms with Gasteiger partial charge in [-0.15, -0.1) is 0 Å². The molecule has 0 fully saturated rings. The minimum absolute atomic E-state index is 1.09. The molecule has 0 N–H and O–H groups in total. The summed E-state index contributed by atoms with van der Waals surface area (Å²) in [5.41, 5.74) is 14.0. The minimum Gasteiger partial charge on any atom is -0.310 e. The van der Waals surface area contributed by atoms with E-state index >= 15 is 0 Å². The Bertz CT molecular complexity index is 3600. The highest BCUT2D eigenvalue weighted by Gasteiger charge is 2.20. The topological polar surface area (TPSA) is 8.17 Å². The molecule has 1 aromatic heterocycles. The van der Waals surface area contributed by atoms with Crippen molar-refractivity contribution in [3.63, 3.8) is 0 Å². The van der Waals surface area contributed by atoms with E-state index in [1.54, 1.807) is 0 Å². The largest absolute Gasteiger partial charge is 0.310 e. The van der Waals surface area contributed by atoms with Crippen LogP contribution in [-0.2, 0) is 0 Å². The van der Waals surface area contributed by atoms with Crippen LogP contribution in [0.25, 0.3) is 93.2 Å². The van der Waals surface area contributed by atoms with Gasteiger partial charge in [0.2, 0.25) is 0 Å². The van der Waals surface area contributed by atoms with E-state index in [0.29, 0.717) is 0 Å². The van der Waals surface area contributed by atoms with Gasteiger partial charge in [0.15, 0.2) is 0 Å². The molecule has 290 valence electrons. The molecule has 0 saturated heterocycles. The summed E-state index contributed by atoms with van der Waals surface area (Å²) in [5, 5.41) is 10.1. The van der Waals surface area contributed by atoms with Gasteiger partial charge < -0.3 is 9.47 Å². The molecule has 0 atom stereocenters. The minimum atomic E-state index is 1.09. The summed E-state index contributed by atoms with van der Waals surface area (Å²) >= 11 is 0. The lowest BCUT2D eigenvalue weighted by Gasteiger charge is -2.28. The van der Waals surface area contributed by atoms with E-state index in [1.165, 1.54) is 87.5 Å². The third kappa shape index (κ3) is 5.96. The number of para-hydroxylation sites is 2. The first-order chi connectivity index (χ1) is 30.8. The maximum atomic E-state index is 2.44. The SMILES string of the molecule is c1ccc(-c2ccccc2N(c2ccc(-c3ccc4c5ccc6ccccc6c5n(-c5ccccc5)c4c3)cc2)c2ccc(-c3cc4ccccc4c4ccccc34)cc2)cc1. The van der Waals surface area contributed by atoms with Crippen molar-refractivity contribution < 1.29 is 0 Å². The summed E-state index contributed by atoms with van der Waals surface area (Å²) in [6.07, 6.45) is 0. The van der Waals surface area contributed by atoms with Crippen molar-refractivity contribution in [2.24, 2.45) is 0 Å². The van der Waals surface area contributed by atoms with Crippen LogP contribution in [0.2, 0.25) is 0 Å². The molecule has 0 bridgehead atoms. The van der Waals surface area contributed by atoms with E-state index in [-0.39, 0.29) is 0 Å². The van der Waals surface area contributed by atoms with Gasteiger partial charge in [-0.2, -0.15) is 0 Å². The van der Waals surface area contributed by atoms with E-state index in [1.807, 2.05) is 0 Å². The average molecular weight is 789 g/mol. The highest BCUT2D eigenvalue weighted by atomic mass is 15.1. The molecule has 62 heavy (non-hydrogen) atoms. The average Bonchev–Trinajstić information content (AvgIpc) is 3.69. The van der Waals surface area contributed by atoms with Crippen LogP contribution in [0.4, 0.5) is 17.1 Å². The second-order valence-corrected chi connectivity index (χ2v) is 16.1. The standard InChI is InChI=1S/C60H40N2/c1-3-15-42(16-4-1)51-22-13-14-26-58(51)61(49-35-29-44(30-36-49)57-39-46-18-8-9-21-50(46)53-24-11-12-25-54(53)57)48-33-27-41(28-34-48)45-32-37-55-56-38-31-43-17-7-10-23-52(43)60(56)62(59(55)40-45)47-19-5-2-6-20-47/h1-40H. The molecule has 1 heterocycles. The third-order valence-electron chi connectivity index (χ3n) is 12.6. The quantitative estimate of drug-likeness (QED) is 0.146. The molecular weight excluding hydrogens is 749 g/mol.